The predicted octanol–water partition coefficient (Wildman–Crippen LogP) is 31.1. The first-order chi connectivity index (χ1) is 68.4. The van der Waals surface area contributed by atoms with Crippen LogP contribution in [0.5, 0.6) is 17.2 Å². The Bertz CT molecular complexity index is 6590. The molecule has 4 unspecified atom stereocenters. The summed E-state index contributed by atoms with van der Waals surface area (Å²) in [5.74, 6) is -0.0530. The second-order valence-electron chi connectivity index (χ2n) is 33.0. The molecule has 746 valence electrons. The normalized spacial score (nSPS) is 15.9. The maximum Gasteiger partial charge on any atom is 0.419 e. The first kappa shape index (κ1) is 108. The largest absolute Gasteiger partial charge is 0.493 e. The lowest BCUT2D eigenvalue weighted by Crippen LogP contribution is -2.53. The van der Waals surface area contributed by atoms with Crippen molar-refractivity contribution in [2.75, 3.05) is 135 Å². The number of hydrogen-bond acceptors (Lipinski definition) is 11. The quantitative estimate of drug-likeness (QED) is 0.0640. The van der Waals surface area contributed by atoms with Crippen molar-refractivity contribution in [2.24, 2.45) is 0 Å². The van der Waals surface area contributed by atoms with Gasteiger partial charge in [0.2, 0.25) is 5.75 Å². The second-order valence-corrected chi connectivity index (χ2v) is 38.6. The van der Waals surface area contributed by atoms with Crippen LogP contribution in [0.15, 0.2) is 279 Å². The number of rotatable bonds is 17. The van der Waals surface area contributed by atoms with Gasteiger partial charge in [0.05, 0.1) is 117 Å². The Labute approximate surface area is 886 Å². The van der Waals surface area contributed by atoms with Gasteiger partial charge in [-0.2, -0.15) is 26.3 Å². The maximum atomic E-state index is 13.7. The zero-order valence-corrected chi connectivity index (χ0v) is 85.8. The van der Waals surface area contributed by atoms with Crippen molar-refractivity contribution < 1.29 is 64.1 Å². The van der Waals surface area contributed by atoms with Gasteiger partial charge in [-0.1, -0.05) is 260 Å². The lowest BCUT2D eigenvalue weighted by atomic mass is 9.98. The molecular formula is C104H88Cl13F7N12O7. The molecule has 13 aromatic carbocycles. The fourth-order valence-electron chi connectivity index (χ4n) is 17.1. The molecule has 143 heavy (non-hydrogen) atoms. The predicted molar refractivity (Wildman–Crippen MR) is 563 cm³/mol. The maximum absolute atomic E-state index is 13.7. The van der Waals surface area contributed by atoms with E-state index in [1.165, 1.54) is 37.2 Å². The summed E-state index contributed by atoms with van der Waals surface area (Å²) in [6.07, 6.45) is -9.56. The Morgan fingerprint density at radius 3 is 0.909 bits per heavy atom. The van der Waals surface area contributed by atoms with Crippen LogP contribution in [0.4, 0.5) is 89.7 Å². The van der Waals surface area contributed by atoms with Crippen LogP contribution in [0.1, 0.15) is 74.7 Å². The highest BCUT2D eigenvalue weighted by molar-refractivity contribution is 6.39. The minimum Gasteiger partial charge on any atom is -0.493 e. The molecule has 4 aliphatic rings. The van der Waals surface area contributed by atoms with Gasteiger partial charge in [0.1, 0.15) is 5.82 Å². The Balaban J connectivity index is 0.000000151. The fourth-order valence-corrected chi connectivity index (χ4v) is 19.8. The van der Waals surface area contributed by atoms with Crippen LogP contribution < -0.4 is 55.1 Å². The lowest BCUT2D eigenvalue weighted by Gasteiger charge is -2.43. The van der Waals surface area contributed by atoms with Crippen molar-refractivity contribution in [3.63, 3.8) is 0 Å². The topological polar surface area (TPSA) is 170 Å². The summed E-state index contributed by atoms with van der Waals surface area (Å²) in [5, 5.41) is 17.6. The number of alkyl halides is 6. The van der Waals surface area contributed by atoms with Gasteiger partial charge >= 0.3 is 36.5 Å². The number of methoxy groups -OCH3 is 3. The van der Waals surface area contributed by atoms with E-state index in [0.29, 0.717) is 148 Å². The molecule has 0 spiro atoms. The van der Waals surface area contributed by atoms with E-state index in [0.717, 1.165) is 74.3 Å². The molecule has 8 amide bonds. The van der Waals surface area contributed by atoms with Crippen molar-refractivity contribution in [3.05, 3.63) is 395 Å². The van der Waals surface area contributed by atoms with Gasteiger partial charge < -0.3 is 74.7 Å². The van der Waals surface area contributed by atoms with Crippen LogP contribution in [0.3, 0.4) is 0 Å². The smallest absolute Gasteiger partial charge is 0.419 e. The number of ether oxygens (including phenoxy) is 3. The van der Waals surface area contributed by atoms with Crippen LogP contribution in [-0.4, -0.2) is 144 Å². The van der Waals surface area contributed by atoms with Crippen LogP contribution in [0.2, 0.25) is 65.3 Å². The molecule has 0 aromatic heterocycles. The minimum atomic E-state index is -4.88. The van der Waals surface area contributed by atoms with E-state index < -0.39 is 41.4 Å². The van der Waals surface area contributed by atoms with E-state index >= 15 is 0 Å². The third-order valence-electron chi connectivity index (χ3n) is 24.1. The Morgan fingerprint density at radius 2 is 0.601 bits per heavy atom. The molecule has 39 heteroatoms. The monoisotopic (exact) mass is 2200 g/mol. The number of nitrogens with one attached hydrogen (secondary N) is 4. The molecule has 4 atom stereocenters. The molecular weight excluding hydrogens is 2120 g/mol. The van der Waals surface area contributed by atoms with Crippen molar-refractivity contribution in [1.82, 2.24) is 24.9 Å². The third-order valence-corrected chi connectivity index (χ3v) is 27.5. The first-order valence-electron chi connectivity index (χ1n) is 44.1. The number of hydrogen-bond donors (Lipinski definition) is 4. The molecule has 4 saturated heterocycles. The Hall–Kier alpha value is -11.2. The summed E-state index contributed by atoms with van der Waals surface area (Å²) in [7, 11) is 4.59. The minimum absolute atomic E-state index is 0.0772. The van der Waals surface area contributed by atoms with E-state index in [1.807, 2.05) is 172 Å². The van der Waals surface area contributed by atoms with Gasteiger partial charge in [0.15, 0.2) is 11.5 Å². The molecule has 4 aliphatic heterocycles. The van der Waals surface area contributed by atoms with E-state index in [1.54, 1.807) is 89.8 Å². The third kappa shape index (κ3) is 27.5. The number of amides is 8. The number of nitrogens with zero attached hydrogens (tertiary/aromatic N) is 8. The van der Waals surface area contributed by atoms with Crippen LogP contribution in [-0.2, 0) is 12.4 Å². The first-order valence-corrected chi connectivity index (χ1v) is 49.1. The van der Waals surface area contributed by atoms with Crippen LogP contribution >= 0.6 is 151 Å². The number of benzene rings is 13. The molecule has 0 bridgehead atoms. The molecule has 13 aromatic rings. The summed E-state index contributed by atoms with van der Waals surface area (Å²) < 4.78 is 109. The summed E-state index contributed by atoms with van der Waals surface area (Å²) in [4.78, 5) is 68.1. The fraction of sp³-hybridized carbons (Fsp3) is 0.212. The average molecular weight is 2210 g/mol. The number of urea groups is 4. The highest BCUT2D eigenvalue weighted by atomic mass is 35.5. The number of carbonyl (C=O) groups is 4. The number of piperazine rings is 4. The highest BCUT2D eigenvalue weighted by Gasteiger charge is 2.41. The Morgan fingerprint density at radius 1 is 0.308 bits per heavy atom. The molecule has 4 heterocycles. The average Bonchev–Trinajstić information content (AvgIpc) is 0.791. The van der Waals surface area contributed by atoms with Gasteiger partial charge in [-0.25, -0.2) is 23.6 Å². The molecule has 0 aliphatic carbocycles. The SMILES string of the molecule is COc1cc(NC(=O)N2CCN(c3ccc(Cl)cc3Cl)C(c3ccc(Cl)cc3)C2)cc(OC)c1OC.O=C(NC(c1ccccc1)c1ccccc1)N1CCN(c2ccc(Cl)cc2Cl)C(c2ccc(Cl)cc2)C1.O=C(Nc1ccc(Cl)cc1C(F)(F)F)N1CCN(c2ccc(Cl)cc2Cl)C(c2ccc(Cl)cc2)C1.O=C(Nc1ccc(F)c(C(F)(F)F)c1)N1CCN(c2ccc(Cl)cc2Cl)C(c2ccc(Cl)cc2)C1. The number of carbonyl (C=O) groups excluding carboxylic acids is 4. The summed E-state index contributed by atoms with van der Waals surface area (Å²) in [6, 6.07) is 77.1. The zero-order chi connectivity index (χ0) is 102. The van der Waals surface area contributed by atoms with E-state index in [4.69, 9.17) is 165 Å². The van der Waals surface area contributed by atoms with Gasteiger partial charge in [0, 0.05) is 142 Å². The highest BCUT2D eigenvalue weighted by Crippen LogP contribution is 2.47. The van der Waals surface area contributed by atoms with Gasteiger partial charge in [-0.15, -0.1) is 0 Å². The van der Waals surface area contributed by atoms with E-state index in [2.05, 4.69) is 31.1 Å². The van der Waals surface area contributed by atoms with Gasteiger partial charge in [0.25, 0.3) is 0 Å². The zero-order valence-electron chi connectivity index (χ0n) is 75.9. The van der Waals surface area contributed by atoms with Crippen molar-refractivity contribution in [1.29, 1.82) is 0 Å². The number of anilines is 7. The molecule has 0 radical (unpaired) electrons. The molecule has 19 nitrogen and oxygen atoms in total. The van der Waals surface area contributed by atoms with E-state index in [-0.39, 0.29) is 84.8 Å². The van der Waals surface area contributed by atoms with Gasteiger partial charge in [-0.05, 0) is 191 Å². The van der Waals surface area contributed by atoms with Crippen molar-refractivity contribution in [2.45, 2.75) is 42.6 Å². The van der Waals surface area contributed by atoms with Gasteiger partial charge in [-0.3, -0.25) is 0 Å². The molecule has 4 fully saturated rings. The van der Waals surface area contributed by atoms with Crippen molar-refractivity contribution >= 4 is 215 Å². The van der Waals surface area contributed by atoms with E-state index in [9.17, 15) is 49.9 Å². The summed E-state index contributed by atoms with van der Waals surface area (Å²) in [6.45, 7) is 4.83. The van der Waals surface area contributed by atoms with Crippen molar-refractivity contribution in [3.8, 4) is 17.2 Å². The molecule has 4 N–H and O–H groups in total. The Kier molecular flexibility index (Phi) is 36.6. The standard InChI is InChI=1S/C30H26Cl3N3O.C26H26Cl3N3O4.C24H18Cl4F3N3O.C24H18Cl3F4N3O/c31-24-13-11-21(12-14-24)28-20-35(17-18-36(28)27-16-15-25(32)19-26(27)33)30(37)34-29(22-7-3-1-4-8-22)23-9-5-2-6-10-23;1-34-23-13-19(14-24(35-2)25(23)36-3)30-26(33)31-10-11-32(21-9-8-18(28)12-20(21)29)22(15-31)16-4-6-17(27)7-5-16;25-15-3-1-14(2-4-15)22-13-33(9-10-34(22)21-8-6-17(27)12-19(21)28)23(35)32-20-7-5-16(26)11-18(20)24(29,30)31;25-15-3-1-14(2-4-15)22-13-33(9-10-34(22)21-8-5-16(26)11-19(21)27)23(35)32-17-6-7-20(28)18(12-17)24(29,30)31/h1-16,19,28-29H,17-18,20H2,(H,34,37);4-9,12-14,22H,10-11,15H2,1-3H3,(H,30,33);2*1-8,11-12,22H,9-10,13H2,(H,32,35). The number of halogens is 20. The second kappa shape index (κ2) is 48.7. The summed E-state index contributed by atoms with van der Waals surface area (Å²) in [5.41, 5.74) is 6.58. The van der Waals surface area contributed by atoms with Crippen LogP contribution in [0.25, 0.3) is 0 Å². The molecule has 17 rings (SSSR count). The summed E-state index contributed by atoms with van der Waals surface area (Å²) >= 11 is 80.6. The molecule has 0 saturated carbocycles. The lowest BCUT2D eigenvalue weighted by molar-refractivity contribution is -0.140. The van der Waals surface area contributed by atoms with Crippen LogP contribution in [0, 0.1) is 5.82 Å².